The lowest BCUT2D eigenvalue weighted by molar-refractivity contribution is 0.483. The van der Waals surface area contributed by atoms with Crippen molar-refractivity contribution in [2.45, 2.75) is 19.9 Å². The van der Waals surface area contributed by atoms with Gasteiger partial charge in [-0.05, 0) is 44.2 Å². The molecule has 0 bridgehead atoms. The maximum absolute atomic E-state index is 12.1. The maximum Gasteiger partial charge on any atom is 0.349 e. The first-order valence-corrected chi connectivity index (χ1v) is 10.1. The molecule has 0 aliphatic rings. The maximum atomic E-state index is 12.1. The minimum atomic E-state index is -0.883. The van der Waals surface area contributed by atoms with E-state index in [0.29, 0.717) is 11.6 Å². The van der Waals surface area contributed by atoms with Crippen molar-refractivity contribution in [3.05, 3.63) is 66.9 Å². The number of H-pyrrole nitrogens is 2. The Balaban J connectivity index is 1.72. The minimum Gasteiger partial charge on any atom is -0.454 e. The molecular weight excluding hydrogens is 457 g/mol. The molecule has 32 heavy (non-hydrogen) atoms. The van der Waals surface area contributed by atoms with E-state index < -0.39 is 16.9 Å². The molecule has 2 heterocycles. The van der Waals surface area contributed by atoms with Crippen molar-refractivity contribution in [2.75, 3.05) is 5.32 Å². The van der Waals surface area contributed by atoms with Crippen LogP contribution in [0.2, 0.25) is 10.0 Å². The fourth-order valence-electron chi connectivity index (χ4n) is 2.97. The lowest BCUT2D eigenvalue weighted by atomic mass is 10.2. The number of hydrogen-bond donors (Lipinski definition) is 3. The van der Waals surface area contributed by atoms with Gasteiger partial charge >= 0.3 is 5.69 Å². The van der Waals surface area contributed by atoms with E-state index >= 15 is 0 Å². The van der Waals surface area contributed by atoms with Crippen molar-refractivity contribution in [1.29, 1.82) is 5.26 Å². The van der Waals surface area contributed by atoms with E-state index in [4.69, 9.17) is 33.2 Å². The van der Waals surface area contributed by atoms with E-state index in [2.05, 4.69) is 20.6 Å². The highest BCUT2D eigenvalue weighted by Crippen LogP contribution is 2.39. The SMILES string of the molecule is CC(C)Nc1n[nH]c2ccc(Oc3c(Cl)cc(-n4nc(C#N)c(=O)[nH]c4=O)cc3Cl)cc12. The van der Waals surface area contributed by atoms with Gasteiger partial charge in [0.2, 0.25) is 5.69 Å². The van der Waals surface area contributed by atoms with E-state index in [9.17, 15) is 9.59 Å². The highest BCUT2D eigenvalue weighted by Gasteiger charge is 2.16. The van der Waals surface area contributed by atoms with Crippen molar-refractivity contribution in [3.8, 4) is 23.3 Å². The quantitative estimate of drug-likeness (QED) is 0.403. The number of nitriles is 1. The standard InChI is InChI=1S/C20H15Cl2N7O3/c1-9(2)24-18-12-7-11(3-4-15(12)26-27-18)32-17-13(21)5-10(6-14(17)22)29-20(31)25-19(30)16(8-23)28-29/h3-7,9H,1-2H3,(H2,24,26,27)(H,25,30,31). The lowest BCUT2D eigenvalue weighted by Gasteiger charge is -2.12. The Morgan fingerprint density at radius 2 is 1.91 bits per heavy atom. The molecule has 4 rings (SSSR count). The minimum absolute atomic E-state index is 0.0960. The summed E-state index contributed by atoms with van der Waals surface area (Å²) >= 11 is 12.7. The smallest absolute Gasteiger partial charge is 0.349 e. The number of benzene rings is 2. The van der Waals surface area contributed by atoms with Gasteiger partial charge in [-0.1, -0.05) is 23.2 Å². The summed E-state index contributed by atoms with van der Waals surface area (Å²) in [6.45, 7) is 4.01. The van der Waals surface area contributed by atoms with Crippen LogP contribution in [0.3, 0.4) is 0 Å². The summed E-state index contributed by atoms with van der Waals surface area (Å²) in [5, 5.41) is 24.2. The Labute approximate surface area is 190 Å². The van der Waals surface area contributed by atoms with E-state index in [1.807, 2.05) is 24.9 Å². The first-order valence-electron chi connectivity index (χ1n) is 9.32. The second-order valence-corrected chi connectivity index (χ2v) is 7.87. The zero-order valence-electron chi connectivity index (χ0n) is 16.7. The van der Waals surface area contributed by atoms with Crippen LogP contribution < -0.4 is 21.3 Å². The number of fused-ring (bicyclic) bond motifs is 1. The molecule has 0 unspecified atom stereocenters. The van der Waals surface area contributed by atoms with Crippen LogP contribution >= 0.6 is 23.2 Å². The van der Waals surface area contributed by atoms with E-state index in [-0.39, 0.29) is 27.5 Å². The fourth-order valence-corrected chi connectivity index (χ4v) is 3.53. The van der Waals surface area contributed by atoms with Crippen LogP contribution in [-0.4, -0.2) is 31.0 Å². The van der Waals surface area contributed by atoms with Gasteiger partial charge in [0, 0.05) is 11.4 Å². The summed E-state index contributed by atoms with van der Waals surface area (Å²) in [4.78, 5) is 25.7. The second kappa shape index (κ2) is 8.37. The van der Waals surface area contributed by atoms with Crippen LogP contribution in [0.4, 0.5) is 5.82 Å². The Kier molecular flexibility index (Phi) is 5.61. The Morgan fingerprint density at radius 1 is 1.19 bits per heavy atom. The summed E-state index contributed by atoms with van der Waals surface area (Å²) < 4.78 is 6.73. The first-order chi connectivity index (χ1) is 15.3. The van der Waals surface area contributed by atoms with Crippen LogP contribution in [0, 0.1) is 11.3 Å². The number of aromatic nitrogens is 5. The number of ether oxygens (including phenoxy) is 1. The topological polar surface area (TPSA) is 141 Å². The van der Waals surface area contributed by atoms with E-state index in [1.165, 1.54) is 12.1 Å². The van der Waals surface area contributed by atoms with Gasteiger partial charge in [0.1, 0.15) is 11.8 Å². The molecule has 0 atom stereocenters. The number of nitrogens with zero attached hydrogens (tertiary/aromatic N) is 4. The highest BCUT2D eigenvalue weighted by atomic mass is 35.5. The molecule has 0 saturated heterocycles. The zero-order valence-corrected chi connectivity index (χ0v) is 18.2. The molecule has 12 heteroatoms. The van der Waals surface area contributed by atoms with Gasteiger partial charge in [0.15, 0.2) is 11.6 Å². The molecule has 0 aliphatic carbocycles. The highest BCUT2D eigenvalue weighted by molar-refractivity contribution is 6.37. The Bertz CT molecular complexity index is 1470. The van der Waals surface area contributed by atoms with Gasteiger partial charge in [-0.15, -0.1) is 5.10 Å². The number of nitrogens with one attached hydrogen (secondary N) is 3. The Morgan fingerprint density at radius 3 is 2.56 bits per heavy atom. The van der Waals surface area contributed by atoms with Crippen molar-refractivity contribution in [1.82, 2.24) is 25.0 Å². The number of anilines is 1. The van der Waals surface area contributed by atoms with Crippen LogP contribution in [0.15, 0.2) is 39.9 Å². The average molecular weight is 472 g/mol. The molecule has 0 spiro atoms. The molecule has 0 fully saturated rings. The third-order valence-corrected chi connectivity index (χ3v) is 4.90. The van der Waals surface area contributed by atoms with Crippen LogP contribution in [0.5, 0.6) is 11.5 Å². The molecule has 2 aromatic heterocycles. The average Bonchev–Trinajstić information content (AvgIpc) is 3.12. The number of halogens is 2. The number of aromatic amines is 2. The van der Waals surface area contributed by atoms with Gasteiger partial charge in [-0.25, -0.2) is 4.79 Å². The number of rotatable bonds is 5. The van der Waals surface area contributed by atoms with Crippen LogP contribution in [0.25, 0.3) is 16.6 Å². The second-order valence-electron chi connectivity index (χ2n) is 7.05. The van der Waals surface area contributed by atoms with Crippen molar-refractivity contribution in [3.63, 3.8) is 0 Å². The molecule has 0 amide bonds. The molecule has 0 radical (unpaired) electrons. The summed E-state index contributed by atoms with van der Waals surface area (Å²) in [5.41, 5.74) is -1.22. The lowest BCUT2D eigenvalue weighted by Crippen LogP contribution is -2.33. The summed E-state index contributed by atoms with van der Waals surface area (Å²) in [5.74, 6) is 1.31. The number of hydrogen-bond acceptors (Lipinski definition) is 7. The van der Waals surface area contributed by atoms with Gasteiger partial charge < -0.3 is 10.1 Å². The third kappa shape index (κ3) is 4.03. The largest absolute Gasteiger partial charge is 0.454 e. The molecule has 0 saturated carbocycles. The molecule has 162 valence electrons. The normalized spacial score (nSPS) is 11.0. The first kappa shape index (κ1) is 21.4. The van der Waals surface area contributed by atoms with E-state index in [1.54, 1.807) is 18.2 Å². The predicted molar refractivity (Wildman–Crippen MR) is 120 cm³/mol. The fraction of sp³-hybridized carbons (Fsp3) is 0.150. The Hall–Kier alpha value is -3.81. The van der Waals surface area contributed by atoms with Crippen LogP contribution in [0.1, 0.15) is 19.5 Å². The zero-order chi connectivity index (χ0) is 23.0. The predicted octanol–water partition coefficient (Wildman–Crippen LogP) is 3.59. The van der Waals surface area contributed by atoms with Gasteiger partial charge in [0.05, 0.1) is 21.2 Å². The molecule has 10 nitrogen and oxygen atoms in total. The van der Waals surface area contributed by atoms with Crippen molar-refractivity contribution >= 4 is 39.9 Å². The monoisotopic (exact) mass is 471 g/mol. The third-order valence-electron chi connectivity index (χ3n) is 4.34. The summed E-state index contributed by atoms with van der Waals surface area (Å²) in [6, 6.07) is 9.91. The molecule has 2 aromatic carbocycles. The van der Waals surface area contributed by atoms with Gasteiger partial charge in [-0.3, -0.25) is 14.9 Å². The summed E-state index contributed by atoms with van der Waals surface area (Å²) in [7, 11) is 0. The van der Waals surface area contributed by atoms with E-state index in [0.717, 1.165) is 15.6 Å². The molecule has 0 aliphatic heterocycles. The van der Waals surface area contributed by atoms with Crippen molar-refractivity contribution in [2.24, 2.45) is 0 Å². The van der Waals surface area contributed by atoms with Gasteiger partial charge in [-0.2, -0.15) is 15.0 Å². The van der Waals surface area contributed by atoms with Gasteiger partial charge in [0.25, 0.3) is 5.56 Å². The molecular formula is C20H15Cl2N7O3. The molecule has 3 N–H and O–H groups in total. The van der Waals surface area contributed by atoms with Crippen molar-refractivity contribution < 1.29 is 4.74 Å². The molecule has 4 aromatic rings. The summed E-state index contributed by atoms with van der Waals surface area (Å²) in [6.07, 6.45) is 0. The van der Waals surface area contributed by atoms with Crippen LogP contribution in [-0.2, 0) is 0 Å².